The molecule has 0 radical (unpaired) electrons. The van der Waals surface area contributed by atoms with Crippen molar-refractivity contribution in [2.24, 2.45) is 0 Å². The molecule has 0 spiro atoms. The van der Waals surface area contributed by atoms with Crippen molar-refractivity contribution in [1.82, 2.24) is 15.5 Å². The first-order chi connectivity index (χ1) is 14.8. The second-order valence-electron chi connectivity index (χ2n) is 8.39. The second kappa shape index (κ2) is 10.2. The number of nitrogens with one attached hydrogen (secondary N) is 2. The van der Waals surface area contributed by atoms with Gasteiger partial charge in [-0.1, -0.05) is 47.5 Å². The predicted octanol–water partition coefficient (Wildman–Crippen LogP) is 2.77. The van der Waals surface area contributed by atoms with E-state index < -0.39 is 6.04 Å². The summed E-state index contributed by atoms with van der Waals surface area (Å²) in [4.78, 5) is 39.1. The molecule has 0 bridgehead atoms. The first-order valence-electron chi connectivity index (χ1n) is 10.8. The minimum Gasteiger partial charge on any atom is -0.351 e. The van der Waals surface area contributed by atoms with Crippen LogP contribution in [-0.4, -0.2) is 47.8 Å². The van der Waals surface area contributed by atoms with Crippen LogP contribution in [0.25, 0.3) is 0 Å². The van der Waals surface area contributed by atoms with Crippen LogP contribution >= 0.6 is 0 Å². The Morgan fingerprint density at radius 3 is 2.26 bits per heavy atom. The van der Waals surface area contributed by atoms with Crippen molar-refractivity contribution in [3.05, 3.63) is 70.8 Å². The zero-order chi connectivity index (χ0) is 22.4. The molecule has 2 N–H and O–H groups in total. The predicted molar refractivity (Wildman–Crippen MR) is 121 cm³/mol. The zero-order valence-corrected chi connectivity index (χ0v) is 18.5. The van der Waals surface area contributed by atoms with Gasteiger partial charge in [0.15, 0.2) is 0 Å². The summed E-state index contributed by atoms with van der Waals surface area (Å²) in [5, 5.41) is 5.85. The molecule has 6 heteroatoms. The van der Waals surface area contributed by atoms with E-state index in [1.54, 1.807) is 0 Å². The molecule has 31 heavy (non-hydrogen) atoms. The molecule has 0 aromatic heterocycles. The van der Waals surface area contributed by atoms with E-state index in [9.17, 15) is 14.4 Å². The van der Waals surface area contributed by atoms with E-state index in [0.29, 0.717) is 37.9 Å². The maximum atomic E-state index is 12.9. The van der Waals surface area contributed by atoms with Crippen molar-refractivity contribution in [1.29, 1.82) is 0 Å². The molecular weight excluding hydrogens is 390 g/mol. The number of carbonyl (C=O) groups excluding carboxylic acids is 3. The fraction of sp³-hybridized carbons (Fsp3) is 0.400. The first kappa shape index (κ1) is 22.5. The molecule has 3 amide bonds. The lowest BCUT2D eigenvalue weighted by atomic mass is 10.0. The van der Waals surface area contributed by atoms with Crippen molar-refractivity contribution in [3.8, 4) is 0 Å². The topological polar surface area (TPSA) is 78.5 Å². The average Bonchev–Trinajstić information content (AvgIpc) is 2.73. The van der Waals surface area contributed by atoms with Crippen LogP contribution in [0.5, 0.6) is 0 Å². The summed E-state index contributed by atoms with van der Waals surface area (Å²) in [6.07, 6.45) is 1.83. The van der Waals surface area contributed by atoms with Crippen LogP contribution in [0.3, 0.4) is 0 Å². The molecule has 2 aromatic carbocycles. The second-order valence-corrected chi connectivity index (χ2v) is 8.39. The Hall–Kier alpha value is -3.15. The van der Waals surface area contributed by atoms with Gasteiger partial charge in [-0.05, 0) is 44.4 Å². The van der Waals surface area contributed by atoms with E-state index in [4.69, 9.17) is 0 Å². The van der Waals surface area contributed by atoms with E-state index in [0.717, 1.165) is 16.7 Å². The Kier molecular flexibility index (Phi) is 7.45. The van der Waals surface area contributed by atoms with E-state index >= 15 is 0 Å². The largest absolute Gasteiger partial charge is 0.351 e. The molecule has 2 aromatic rings. The summed E-state index contributed by atoms with van der Waals surface area (Å²) >= 11 is 0. The number of rotatable bonds is 6. The minimum absolute atomic E-state index is 0.0113. The maximum Gasteiger partial charge on any atom is 0.253 e. The minimum atomic E-state index is -0.619. The highest BCUT2D eigenvalue weighted by Gasteiger charge is 2.27. The van der Waals surface area contributed by atoms with Gasteiger partial charge in [-0.3, -0.25) is 14.4 Å². The monoisotopic (exact) mass is 421 g/mol. The maximum absolute atomic E-state index is 12.9. The van der Waals surface area contributed by atoms with Crippen molar-refractivity contribution >= 4 is 17.7 Å². The molecule has 1 heterocycles. The molecule has 164 valence electrons. The number of hydrogen-bond acceptors (Lipinski definition) is 3. The standard InChI is InChI=1S/C25H31N3O3/c1-17-6-4-8-20(14-17)16-23(26-19(3)29)24(30)27-22-10-12-28(13-11-22)25(31)21-9-5-7-18(2)15-21/h4-9,14-15,22-23H,10-13,16H2,1-3H3,(H,26,29)(H,27,30). The van der Waals surface area contributed by atoms with Gasteiger partial charge in [0, 0.05) is 38.0 Å². The van der Waals surface area contributed by atoms with E-state index in [1.165, 1.54) is 6.92 Å². The van der Waals surface area contributed by atoms with Gasteiger partial charge in [-0.15, -0.1) is 0 Å². The highest BCUT2D eigenvalue weighted by atomic mass is 16.2. The molecule has 1 unspecified atom stereocenters. The van der Waals surface area contributed by atoms with Crippen LogP contribution in [-0.2, 0) is 16.0 Å². The average molecular weight is 422 g/mol. The van der Waals surface area contributed by atoms with Crippen molar-refractivity contribution in [3.63, 3.8) is 0 Å². The van der Waals surface area contributed by atoms with E-state index in [-0.39, 0.29) is 23.8 Å². The van der Waals surface area contributed by atoms with E-state index in [1.807, 2.05) is 67.3 Å². The number of likely N-dealkylation sites (tertiary alicyclic amines) is 1. The quantitative estimate of drug-likeness (QED) is 0.753. The third-order valence-electron chi connectivity index (χ3n) is 5.61. The summed E-state index contributed by atoms with van der Waals surface area (Å²) < 4.78 is 0. The smallest absolute Gasteiger partial charge is 0.253 e. The molecule has 1 atom stereocenters. The molecule has 1 fully saturated rings. The first-order valence-corrected chi connectivity index (χ1v) is 10.8. The van der Waals surface area contributed by atoms with Crippen LogP contribution in [0.15, 0.2) is 48.5 Å². The number of aryl methyl sites for hydroxylation is 2. The SMILES string of the molecule is CC(=O)NC(Cc1cccc(C)c1)C(=O)NC1CCN(C(=O)c2cccc(C)c2)CC1. The number of piperidine rings is 1. The third-order valence-corrected chi connectivity index (χ3v) is 5.61. The molecule has 3 rings (SSSR count). The molecule has 6 nitrogen and oxygen atoms in total. The van der Waals surface area contributed by atoms with Crippen molar-refractivity contribution in [2.75, 3.05) is 13.1 Å². The lowest BCUT2D eigenvalue weighted by molar-refractivity contribution is -0.128. The lowest BCUT2D eigenvalue weighted by Gasteiger charge is -2.33. The molecule has 0 aliphatic carbocycles. The normalized spacial score (nSPS) is 15.3. The van der Waals surface area contributed by atoms with Gasteiger partial charge in [0.2, 0.25) is 11.8 Å². The third kappa shape index (κ3) is 6.41. The molecular formula is C25H31N3O3. The molecule has 1 aliphatic rings. The number of benzene rings is 2. The summed E-state index contributed by atoms with van der Waals surface area (Å²) in [5.74, 6) is -0.379. The van der Waals surface area contributed by atoms with Crippen molar-refractivity contribution < 1.29 is 14.4 Å². The molecule has 0 saturated carbocycles. The highest BCUT2D eigenvalue weighted by Crippen LogP contribution is 2.16. The van der Waals surface area contributed by atoms with E-state index in [2.05, 4.69) is 10.6 Å². The fourth-order valence-corrected chi connectivity index (χ4v) is 4.02. The molecule has 1 saturated heterocycles. The van der Waals surface area contributed by atoms with Gasteiger partial charge in [0.25, 0.3) is 5.91 Å². The summed E-state index contributed by atoms with van der Waals surface area (Å²) in [7, 11) is 0. The Balaban J connectivity index is 1.56. The van der Waals surface area contributed by atoms with Gasteiger partial charge in [0.05, 0.1) is 0 Å². The van der Waals surface area contributed by atoms with Crippen LogP contribution in [0.1, 0.15) is 46.8 Å². The molecule has 1 aliphatic heterocycles. The Morgan fingerprint density at radius 2 is 1.65 bits per heavy atom. The van der Waals surface area contributed by atoms with Gasteiger partial charge in [-0.25, -0.2) is 0 Å². The van der Waals surface area contributed by atoms with Crippen LogP contribution in [0.2, 0.25) is 0 Å². The summed E-state index contributed by atoms with van der Waals surface area (Å²) in [5.41, 5.74) is 3.88. The fourth-order valence-electron chi connectivity index (χ4n) is 4.02. The Labute approximate surface area is 184 Å². The van der Waals surface area contributed by atoms with Crippen molar-refractivity contribution in [2.45, 2.75) is 52.1 Å². The van der Waals surface area contributed by atoms with Crippen LogP contribution < -0.4 is 10.6 Å². The van der Waals surface area contributed by atoms with Crippen LogP contribution in [0, 0.1) is 13.8 Å². The number of amides is 3. The van der Waals surface area contributed by atoms with Gasteiger partial charge in [-0.2, -0.15) is 0 Å². The summed E-state index contributed by atoms with van der Waals surface area (Å²) in [6.45, 7) is 6.59. The van der Waals surface area contributed by atoms with Crippen LogP contribution in [0.4, 0.5) is 0 Å². The number of nitrogens with zero attached hydrogens (tertiary/aromatic N) is 1. The summed E-state index contributed by atoms with van der Waals surface area (Å²) in [6, 6.07) is 14.9. The number of carbonyl (C=O) groups is 3. The van der Waals surface area contributed by atoms with Gasteiger partial charge < -0.3 is 15.5 Å². The number of hydrogen-bond donors (Lipinski definition) is 2. The lowest BCUT2D eigenvalue weighted by Crippen LogP contribution is -2.53. The Bertz CT molecular complexity index is 949. The highest BCUT2D eigenvalue weighted by molar-refractivity contribution is 5.94. The van der Waals surface area contributed by atoms with Gasteiger partial charge in [0.1, 0.15) is 6.04 Å². The van der Waals surface area contributed by atoms with Gasteiger partial charge >= 0.3 is 0 Å². The Morgan fingerprint density at radius 1 is 1.00 bits per heavy atom. The zero-order valence-electron chi connectivity index (χ0n) is 18.5.